The summed E-state index contributed by atoms with van der Waals surface area (Å²) in [7, 11) is 2.04. The fourth-order valence-corrected chi connectivity index (χ4v) is 4.27. The zero-order chi connectivity index (χ0) is 16.4. The first-order valence-corrected chi connectivity index (χ1v) is 9.06. The van der Waals surface area contributed by atoms with Crippen molar-refractivity contribution in [3.05, 3.63) is 63.5 Å². The van der Waals surface area contributed by atoms with Crippen LogP contribution in [0.3, 0.4) is 0 Å². The van der Waals surface area contributed by atoms with Gasteiger partial charge in [-0.1, -0.05) is 41.4 Å². The van der Waals surface area contributed by atoms with Crippen LogP contribution in [0.5, 0.6) is 0 Å². The van der Waals surface area contributed by atoms with Gasteiger partial charge < -0.3 is 10.6 Å². The smallest absolute Gasteiger partial charge is 0.0449 e. The maximum atomic E-state index is 6.12. The van der Waals surface area contributed by atoms with Gasteiger partial charge in [-0.25, -0.2) is 0 Å². The molecule has 3 aromatic rings. The molecule has 0 fully saturated rings. The van der Waals surface area contributed by atoms with Gasteiger partial charge in [0, 0.05) is 40.1 Å². The summed E-state index contributed by atoms with van der Waals surface area (Å²) < 4.78 is 1.31. The van der Waals surface area contributed by atoms with Crippen molar-refractivity contribution >= 4 is 50.3 Å². The molecule has 2 N–H and O–H groups in total. The van der Waals surface area contributed by atoms with E-state index in [1.807, 2.05) is 19.2 Å². The van der Waals surface area contributed by atoms with Gasteiger partial charge in [0.25, 0.3) is 0 Å². The Kier molecular flexibility index (Phi) is 5.12. The first kappa shape index (κ1) is 16.6. The van der Waals surface area contributed by atoms with Gasteiger partial charge >= 0.3 is 0 Å². The monoisotopic (exact) mass is 364 g/mol. The van der Waals surface area contributed by atoms with E-state index in [1.165, 1.54) is 15.6 Å². The number of thiophene rings is 1. The average molecular weight is 365 g/mol. The molecular formula is C18H18Cl2N2S. The molecule has 0 aliphatic heterocycles. The van der Waals surface area contributed by atoms with Crippen LogP contribution in [0.2, 0.25) is 10.0 Å². The Bertz CT molecular complexity index is 795. The minimum Gasteiger partial charge on any atom is -0.370 e. The van der Waals surface area contributed by atoms with Crippen LogP contribution >= 0.6 is 34.5 Å². The molecular weight excluding hydrogens is 347 g/mol. The van der Waals surface area contributed by atoms with E-state index in [1.54, 1.807) is 17.4 Å². The summed E-state index contributed by atoms with van der Waals surface area (Å²) in [6.07, 6.45) is 0.890. The van der Waals surface area contributed by atoms with E-state index in [0.717, 1.165) is 12.1 Å². The normalized spacial score (nSPS) is 12.5. The van der Waals surface area contributed by atoms with Crippen molar-refractivity contribution in [2.75, 3.05) is 18.5 Å². The summed E-state index contributed by atoms with van der Waals surface area (Å²) in [4.78, 5) is 2.16. The van der Waals surface area contributed by atoms with Gasteiger partial charge in [-0.05, 0) is 47.0 Å². The van der Waals surface area contributed by atoms with E-state index in [4.69, 9.17) is 28.9 Å². The van der Waals surface area contributed by atoms with Crippen LogP contribution < -0.4 is 10.6 Å². The number of nitrogens with zero attached hydrogens (tertiary/aromatic N) is 1. The predicted octanol–water partition coefficient (Wildman–Crippen LogP) is 5.21. The average Bonchev–Trinajstić information content (AvgIpc) is 2.94. The maximum absolute atomic E-state index is 6.12. The van der Waals surface area contributed by atoms with E-state index in [2.05, 4.69) is 34.5 Å². The SMILES string of the molecule is CN(c1cc(Cl)cc(Cl)c1)C(CN)Cc1csc2ccccc12. The van der Waals surface area contributed by atoms with Crippen molar-refractivity contribution < 1.29 is 0 Å². The second-order valence-corrected chi connectivity index (χ2v) is 7.37. The number of hydrogen-bond donors (Lipinski definition) is 1. The number of nitrogens with two attached hydrogens (primary N) is 1. The lowest BCUT2D eigenvalue weighted by molar-refractivity contribution is 0.637. The molecule has 23 heavy (non-hydrogen) atoms. The lowest BCUT2D eigenvalue weighted by atomic mass is 10.0. The van der Waals surface area contributed by atoms with E-state index >= 15 is 0 Å². The molecule has 2 nitrogen and oxygen atoms in total. The summed E-state index contributed by atoms with van der Waals surface area (Å²) in [5.41, 5.74) is 8.36. The number of anilines is 1. The summed E-state index contributed by atoms with van der Waals surface area (Å²) in [6.45, 7) is 0.560. The highest BCUT2D eigenvalue weighted by Gasteiger charge is 2.17. The number of likely N-dealkylation sites (N-methyl/N-ethyl adjacent to an activating group) is 1. The van der Waals surface area contributed by atoms with Gasteiger partial charge in [-0.3, -0.25) is 0 Å². The molecule has 120 valence electrons. The first-order valence-electron chi connectivity index (χ1n) is 7.42. The van der Waals surface area contributed by atoms with Crippen LogP contribution in [0.1, 0.15) is 5.56 Å². The maximum Gasteiger partial charge on any atom is 0.0449 e. The molecule has 1 unspecified atom stereocenters. The van der Waals surface area contributed by atoms with E-state index in [0.29, 0.717) is 16.6 Å². The number of benzene rings is 2. The Morgan fingerprint density at radius 3 is 2.52 bits per heavy atom. The molecule has 0 radical (unpaired) electrons. The summed E-state index contributed by atoms with van der Waals surface area (Å²) >= 11 is 14.0. The van der Waals surface area contributed by atoms with Gasteiger partial charge in [0.1, 0.15) is 0 Å². The van der Waals surface area contributed by atoms with Crippen molar-refractivity contribution in [3.63, 3.8) is 0 Å². The molecule has 0 spiro atoms. The molecule has 0 bridgehead atoms. The number of halogens is 2. The van der Waals surface area contributed by atoms with E-state index in [-0.39, 0.29) is 6.04 Å². The topological polar surface area (TPSA) is 29.3 Å². The van der Waals surface area contributed by atoms with Crippen LogP contribution in [-0.4, -0.2) is 19.6 Å². The fourth-order valence-electron chi connectivity index (χ4n) is 2.78. The molecule has 2 aromatic carbocycles. The Labute approximate surface area is 150 Å². The Balaban J connectivity index is 1.87. The molecule has 1 aromatic heterocycles. The Hall–Kier alpha value is -1.26. The third kappa shape index (κ3) is 3.64. The molecule has 0 amide bonds. The standard InChI is InChI=1S/C18H18Cl2N2S/c1-22(15-8-13(19)7-14(20)9-15)16(10-21)6-12-11-23-18-5-3-2-4-17(12)18/h2-5,7-9,11,16H,6,10,21H2,1H3. The second kappa shape index (κ2) is 7.10. The second-order valence-electron chi connectivity index (χ2n) is 5.59. The molecule has 0 aliphatic rings. The lowest BCUT2D eigenvalue weighted by Gasteiger charge is -2.29. The minimum absolute atomic E-state index is 0.183. The van der Waals surface area contributed by atoms with Gasteiger partial charge in [0.05, 0.1) is 0 Å². The van der Waals surface area contributed by atoms with E-state index < -0.39 is 0 Å². The molecule has 0 saturated carbocycles. The van der Waals surface area contributed by atoms with Gasteiger partial charge in [0.2, 0.25) is 0 Å². The van der Waals surface area contributed by atoms with Crippen molar-refractivity contribution in [1.82, 2.24) is 0 Å². The van der Waals surface area contributed by atoms with Gasteiger partial charge in [-0.15, -0.1) is 11.3 Å². The minimum atomic E-state index is 0.183. The van der Waals surface area contributed by atoms with E-state index in [9.17, 15) is 0 Å². The van der Waals surface area contributed by atoms with Crippen molar-refractivity contribution in [2.24, 2.45) is 5.73 Å². The Morgan fingerprint density at radius 2 is 1.83 bits per heavy atom. The number of hydrogen-bond acceptors (Lipinski definition) is 3. The molecule has 1 atom stereocenters. The molecule has 0 aliphatic carbocycles. The van der Waals surface area contributed by atoms with Crippen molar-refractivity contribution in [2.45, 2.75) is 12.5 Å². The third-order valence-electron chi connectivity index (χ3n) is 4.09. The number of rotatable bonds is 5. The van der Waals surface area contributed by atoms with Gasteiger partial charge in [0.15, 0.2) is 0 Å². The molecule has 3 rings (SSSR count). The lowest BCUT2D eigenvalue weighted by Crippen LogP contribution is -2.39. The predicted molar refractivity (Wildman–Crippen MR) is 103 cm³/mol. The highest BCUT2D eigenvalue weighted by molar-refractivity contribution is 7.17. The highest BCUT2D eigenvalue weighted by atomic mass is 35.5. The quantitative estimate of drug-likeness (QED) is 0.672. The first-order chi connectivity index (χ1) is 11.1. The largest absolute Gasteiger partial charge is 0.370 e. The highest BCUT2D eigenvalue weighted by Crippen LogP contribution is 2.29. The van der Waals surface area contributed by atoms with Gasteiger partial charge in [-0.2, -0.15) is 0 Å². The Morgan fingerprint density at radius 1 is 1.13 bits per heavy atom. The fraction of sp³-hybridized carbons (Fsp3) is 0.222. The number of fused-ring (bicyclic) bond motifs is 1. The molecule has 0 saturated heterocycles. The third-order valence-corrected chi connectivity index (χ3v) is 5.54. The van der Waals surface area contributed by atoms with Crippen molar-refractivity contribution in [1.29, 1.82) is 0 Å². The van der Waals surface area contributed by atoms with Crippen LogP contribution in [0.15, 0.2) is 47.8 Å². The summed E-state index contributed by atoms with van der Waals surface area (Å²) in [5, 5.41) is 4.81. The van der Waals surface area contributed by atoms with Crippen LogP contribution in [0.4, 0.5) is 5.69 Å². The molecule has 5 heteroatoms. The zero-order valence-corrected chi connectivity index (χ0v) is 15.1. The van der Waals surface area contributed by atoms with Crippen LogP contribution in [-0.2, 0) is 6.42 Å². The summed E-state index contributed by atoms with van der Waals surface area (Å²) in [6, 6.07) is 14.2. The van der Waals surface area contributed by atoms with Crippen molar-refractivity contribution in [3.8, 4) is 0 Å². The van der Waals surface area contributed by atoms with Crippen LogP contribution in [0.25, 0.3) is 10.1 Å². The zero-order valence-electron chi connectivity index (χ0n) is 12.8. The molecule has 1 heterocycles. The van der Waals surface area contributed by atoms with Crippen LogP contribution in [0, 0.1) is 0 Å². The summed E-state index contributed by atoms with van der Waals surface area (Å²) in [5.74, 6) is 0.